The van der Waals surface area contributed by atoms with E-state index in [2.05, 4.69) is 17.3 Å². The molecular formula is C15H19NOS. The summed E-state index contributed by atoms with van der Waals surface area (Å²) in [6, 6.07) is 10.1. The molecule has 2 rings (SSSR count). The molecule has 1 unspecified atom stereocenters. The summed E-state index contributed by atoms with van der Waals surface area (Å²) < 4.78 is 0. The van der Waals surface area contributed by atoms with Gasteiger partial charge in [0, 0.05) is 11.1 Å². The van der Waals surface area contributed by atoms with Gasteiger partial charge in [-0.1, -0.05) is 12.1 Å². The molecule has 0 aliphatic carbocycles. The maximum atomic E-state index is 10.1. The quantitative estimate of drug-likeness (QED) is 0.833. The molecule has 0 aliphatic heterocycles. The van der Waals surface area contributed by atoms with Crippen molar-refractivity contribution in [1.29, 1.82) is 0 Å². The lowest BCUT2D eigenvalue weighted by atomic mass is 10.0. The van der Waals surface area contributed by atoms with Gasteiger partial charge in [0.15, 0.2) is 0 Å². The number of aliphatic hydroxyl groups excluding tert-OH is 1. The van der Waals surface area contributed by atoms with Crippen LogP contribution in [-0.4, -0.2) is 22.1 Å². The van der Waals surface area contributed by atoms with Crippen molar-refractivity contribution < 1.29 is 5.11 Å². The molecule has 3 heteroatoms. The fourth-order valence-electron chi connectivity index (χ4n) is 2.04. The van der Waals surface area contributed by atoms with Crippen molar-refractivity contribution in [3.63, 3.8) is 0 Å². The zero-order valence-electron chi connectivity index (χ0n) is 10.9. The second kappa shape index (κ2) is 6.21. The van der Waals surface area contributed by atoms with Gasteiger partial charge in [-0.15, -0.1) is 0 Å². The maximum absolute atomic E-state index is 10.1. The molecule has 0 saturated carbocycles. The summed E-state index contributed by atoms with van der Waals surface area (Å²) in [5.74, 6) is 1.10. The minimum absolute atomic E-state index is 0.358. The Balaban J connectivity index is 2.16. The lowest BCUT2D eigenvalue weighted by molar-refractivity contribution is 0.167. The summed E-state index contributed by atoms with van der Waals surface area (Å²) in [6.07, 6.45) is 3.61. The number of hydrogen-bond donors (Lipinski definition) is 1. The monoisotopic (exact) mass is 261 g/mol. The van der Waals surface area contributed by atoms with E-state index in [1.807, 2.05) is 43.0 Å². The number of hydrogen-bond acceptors (Lipinski definition) is 3. The van der Waals surface area contributed by atoms with Crippen LogP contribution in [0.4, 0.5) is 0 Å². The van der Waals surface area contributed by atoms with E-state index in [4.69, 9.17) is 0 Å². The van der Waals surface area contributed by atoms with Gasteiger partial charge in [0.2, 0.25) is 0 Å². The van der Waals surface area contributed by atoms with E-state index in [0.29, 0.717) is 0 Å². The van der Waals surface area contributed by atoms with Crippen LogP contribution in [0, 0.1) is 6.92 Å². The molecule has 1 aromatic heterocycles. The third-order valence-corrected chi connectivity index (χ3v) is 3.76. The number of nitrogens with zero attached hydrogens (tertiary/aromatic N) is 1. The van der Waals surface area contributed by atoms with Crippen LogP contribution >= 0.6 is 11.8 Å². The van der Waals surface area contributed by atoms with Crippen LogP contribution in [0.5, 0.6) is 0 Å². The summed E-state index contributed by atoms with van der Waals surface area (Å²) in [4.78, 5) is 4.47. The first kappa shape index (κ1) is 13.4. The molecule has 1 aromatic carbocycles. The molecule has 0 aliphatic rings. The van der Waals surface area contributed by atoms with E-state index < -0.39 is 0 Å². The third kappa shape index (κ3) is 3.24. The highest BCUT2D eigenvalue weighted by atomic mass is 32.2. The smallest absolute Gasteiger partial charge is 0.0790 e. The Morgan fingerprint density at radius 2 is 2.11 bits per heavy atom. The van der Waals surface area contributed by atoms with E-state index in [9.17, 15) is 5.11 Å². The van der Waals surface area contributed by atoms with E-state index in [1.54, 1.807) is 0 Å². The lowest BCUT2D eigenvalue weighted by Gasteiger charge is -2.11. The predicted molar refractivity (Wildman–Crippen MR) is 79.1 cm³/mol. The summed E-state index contributed by atoms with van der Waals surface area (Å²) in [6.45, 7) is 1.99. The molecule has 2 nitrogen and oxygen atoms in total. The van der Waals surface area contributed by atoms with Crippen molar-refractivity contribution in [2.24, 2.45) is 0 Å². The van der Waals surface area contributed by atoms with Gasteiger partial charge >= 0.3 is 0 Å². The average Bonchev–Trinajstić information content (AvgIpc) is 2.38. The number of aryl methyl sites for hydroxylation is 1. The van der Waals surface area contributed by atoms with Crippen molar-refractivity contribution in [2.45, 2.75) is 25.9 Å². The molecule has 0 fully saturated rings. The lowest BCUT2D eigenvalue weighted by Crippen LogP contribution is -1.98. The maximum Gasteiger partial charge on any atom is 0.0790 e. The van der Waals surface area contributed by atoms with E-state index >= 15 is 0 Å². The second-order valence-electron chi connectivity index (χ2n) is 4.56. The molecule has 2 aromatic rings. The molecule has 96 valence electrons. The SMILES string of the molecule is CSCCCC(O)c1ccc2nc(C)ccc2c1. The van der Waals surface area contributed by atoms with Crippen LogP contribution < -0.4 is 0 Å². The Morgan fingerprint density at radius 1 is 1.28 bits per heavy atom. The fourth-order valence-corrected chi connectivity index (χ4v) is 2.50. The van der Waals surface area contributed by atoms with Crippen LogP contribution in [0.1, 0.15) is 30.2 Å². The Labute approximate surface area is 112 Å². The zero-order chi connectivity index (χ0) is 13.0. The molecule has 0 saturated heterocycles. The second-order valence-corrected chi connectivity index (χ2v) is 5.54. The Bertz CT molecular complexity index is 527. The van der Waals surface area contributed by atoms with Gasteiger partial charge in [0.05, 0.1) is 11.6 Å². The molecular weight excluding hydrogens is 242 g/mol. The van der Waals surface area contributed by atoms with Gasteiger partial charge in [0.1, 0.15) is 0 Å². The summed E-state index contributed by atoms with van der Waals surface area (Å²) in [7, 11) is 0. The molecule has 0 bridgehead atoms. The molecule has 0 spiro atoms. The van der Waals surface area contributed by atoms with Crippen LogP contribution in [-0.2, 0) is 0 Å². The van der Waals surface area contributed by atoms with Gasteiger partial charge in [-0.2, -0.15) is 11.8 Å². The standard InChI is InChI=1S/C15H19NOS/c1-11-5-6-12-10-13(7-8-14(12)16-11)15(17)4-3-9-18-2/h5-8,10,15,17H,3-4,9H2,1-2H3. The highest BCUT2D eigenvalue weighted by Gasteiger charge is 2.08. The van der Waals surface area contributed by atoms with Crippen molar-refractivity contribution in [3.05, 3.63) is 41.6 Å². The van der Waals surface area contributed by atoms with Gasteiger partial charge in [-0.3, -0.25) is 4.98 Å². The summed E-state index contributed by atoms with van der Waals surface area (Å²) in [5.41, 5.74) is 3.01. The topological polar surface area (TPSA) is 33.1 Å². The van der Waals surface area contributed by atoms with Gasteiger partial charge in [-0.05, 0) is 55.5 Å². The van der Waals surface area contributed by atoms with Crippen molar-refractivity contribution in [2.75, 3.05) is 12.0 Å². The van der Waals surface area contributed by atoms with Gasteiger partial charge in [0.25, 0.3) is 0 Å². The number of pyridine rings is 1. The van der Waals surface area contributed by atoms with Crippen molar-refractivity contribution >= 4 is 22.7 Å². The third-order valence-electron chi connectivity index (χ3n) is 3.06. The predicted octanol–water partition coefficient (Wildman–Crippen LogP) is 3.72. The van der Waals surface area contributed by atoms with Crippen LogP contribution in [0.3, 0.4) is 0 Å². The number of aromatic nitrogens is 1. The molecule has 18 heavy (non-hydrogen) atoms. The average molecular weight is 261 g/mol. The normalized spacial score (nSPS) is 12.8. The van der Waals surface area contributed by atoms with Crippen LogP contribution in [0.15, 0.2) is 30.3 Å². The molecule has 1 atom stereocenters. The van der Waals surface area contributed by atoms with Crippen LogP contribution in [0.2, 0.25) is 0 Å². The number of benzene rings is 1. The molecule has 1 N–H and O–H groups in total. The largest absolute Gasteiger partial charge is 0.388 e. The zero-order valence-corrected chi connectivity index (χ0v) is 11.7. The summed E-state index contributed by atoms with van der Waals surface area (Å²) in [5, 5.41) is 11.2. The molecule has 0 amide bonds. The Hall–Kier alpha value is -1.06. The minimum Gasteiger partial charge on any atom is -0.388 e. The van der Waals surface area contributed by atoms with E-state index in [-0.39, 0.29) is 6.10 Å². The number of aliphatic hydroxyl groups is 1. The highest BCUT2D eigenvalue weighted by Crippen LogP contribution is 2.23. The number of rotatable bonds is 5. The summed E-state index contributed by atoms with van der Waals surface area (Å²) >= 11 is 1.82. The number of thioether (sulfide) groups is 1. The van der Waals surface area contributed by atoms with Crippen molar-refractivity contribution in [3.8, 4) is 0 Å². The van der Waals surface area contributed by atoms with Crippen molar-refractivity contribution in [1.82, 2.24) is 4.98 Å². The van der Waals surface area contributed by atoms with Gasteiger partial charge < -0.3 is 5.11 Å². The van der Waals surface area contributed by atoms with Gasteiger partial charge in [-0.25, -0.2) is 0 Å². The van der Waals surface area contributed by atoms with E-state index in [0.717, 1.165) is 40.8 Å². The molecule has 0 radical (unpaired) electrons. The highest BCUT2D eigenvalue weighted by molar-refractivity contribution is 7.98. The first-order valence-electron chi connectivity index (χ1n) is 6.25. The minimum atomic E-state index is -0.358. The Kier molecular flexibility index (Phi) is 4.61. The first-order valence-corrected chi connectivity index (χ1v) is 7.64. The fraction of sp³-hybridized carbons (Fsp3) is 0.400. The number of fused-ring (bicyclic) bond motifs is 1. The Morgan fingerprint density at radius 3 is 2.89 bits per heavy atom. The van der Waals surface area contributed by atoms with E-state index in [1.165, 1.54) is 0 Å². The van der Waals surface area contributed by atoms with Crippen LogP contribution in [0.25, 0.3) is 10.9 Å². The molecule has 1 heterocycles. The first-order chi connectivity index (χ1) is 8.70.